The van der Waals surface area contributed by atoms with Crippen molar-refractivity contribution in [2.45, 2.75) is 32.6 Å². The summed E-state index contributed by atoms with van der Waals surface area (Å²) in [6.07, 6.45) is 2.77. The van der Waals surface area contributed by atoms with E-state index in [9.17, 15) is 14.9 Å². The Balaban J connectivity index is 1.91. The number of nitrogens with zero attached hydrogens (tertiary/aromatic N) is 1. The first-order chi connectivity index (χ1) is 17.5. The zero-order valence-electron chi connectivity index (χ0n) is 20.3. The Morgan fingerprint density at radius 3 is 2.11 bits per heavy atom. The van der Waals surface area contributed by atoms with Crippen LogP contribution in [0.5, 0.6) is 0 Å². The van der Waals surface area contributed by atoms with Crippen LogP contribution in [0.3, 0.4) is 0 Å². The van der Waals surface area contributed by atoms with Gasteiger partial charge in [-0.1, -0.05) is 80.4 Å². The van der Waals surface area contributed by atoms with Crippen molar-refractivity contribution in [3.8, 4) is 11.8 Å². The van der Waals surface area contributed by atoms with E-state index in [-0.39, 0.29) is 23.3 Å². The molecule has 0 saturated heterocycles. The van der Waals surface area contributed by atoms with Gasteiger partial charge in [0.1, 0.15) is 5.76 Å². The highest BCUT2D eigenvalue weighted by molar-refractivity contribution is 5.98. The van der Waals surface area contributed by atoms with Crippen LogP contribution in [0.25, 0.3) is 5.76 Å². The van der Waals surface area contributed by atoms with Crippen LogP contribution < -0.4 is 0 Å². The highest BCUT2D eigenvalue weighted by atomic mass is 16.6. The molecule has 1 heterocycles. The SMILES string of the molecule is CCC1=C(C#Cc2ccccc2)OC(c2ccccc2)=CC(=O)C(CC)C1c1ccc([N+](=O)[O-])cc1. The van der Waals surface area contributed by atoms with Crippen molar-refractivity contribution in [2.75, 3.05) is 0 Å². The molecule has 0 radical (unpaired) electrons. The highest BCUT2D eigenvalue weighted by Gasteiger charge is 2.34. The van der Waals surface area contributed by atoms with Gasteiger partial charge in [0.2, 0.25) is 0 Å². The minimum atomic E-state index is -0.421. The second kappa shape index (κ2) is 11.3. The third kappa shape index (κ3) is 5.45. The maximum atomic E-state index is 13.6. The summed E-state index contributed by atoms with van der Waals surface area (Å²) in [4.78, 5) is 24.4. The Morgan fingerprint density at radius 1 is 0.889 bits per heavy atom. The number of ether oxygens (including phenoxy) is 1. The summed E-state index contributed by atoms with van der Waals surface area (Å²) in [7, 11) is 0. The van der Waals surface area contributed by atoms with E-state index >= 15 is 0 Å². The molecule has 0 spiro atoms. The maximum absolute atomic E-state index is 13.6. The first-order valence-corrected chi connectivity index (χ1v) is 12.0. The van der Waals surface area contributed by atoms with Gasteiger partial charge in [-0.3, -0.25) is 14.9 Å². The summed E-state index contributed by atoms with van der Waals surface area (Å²) in [5.41, 5.74) is 3.39. The molecule has 36 heavy (non-hydrogen) atoms. The molecule has 0 saturated carbocycles. The predicted octanol–water partition coefficient (Wildman–Crippen LogP) is 7.06. The molecule has 2 atom stereocenters. The van der Waals surface area contributed by atoms with Crippen molar-refractivity contribution >= 4 is 17.2 Å². The van der Waals surface area contributed by atoms with E-state index in [2.05, 4.69) is 11.8 Å². The molecular weight excluding hydrogens is 450 g/mol. The lowest BCUT2D eigenvalue weighted by Gasteiger charge is -2.30. The Hall–Kier alpha value is -4.43. The van der Waals surface area contributed by atoms with Gasteiger partial charge in [0.15, 0.2) is 11.5 Å². The summed E-state index contributed by atoms with van der Waals surface area (Å²) >= 11 is 0. The fraction of sp³-hybridized carbons (Fsp3) is 0.194. The third-order valence-corrected chi connectivity index (χ3v) is 6.36. The van der Waals surface area contributed by atoms with E-state index in [1.54, 1.807) is 18.2 Å². The van der Waals surface area contributed by atoms with Gasteiger partial charge in [0.25, 0.3) is 5.69 Å². The second-order valence-corrected chi connectivity index (χ2v) is 8.54. The number of carbonyl (C=O) groups is 1. The van der Waals surface area contributed by atoms with E-state index in [0.29, 0.717) is 24.4 Å². The van der Waals surface area contributed by atoms with Gasteiger partial charge in [0, 0.05) is 41.2 Å². The van der Waals surface area contributed by atoms with Gasteiger partial charge in [-0.25, -0.2) is 0 Å². The van der Waals surface area contributed by atoms with Crippen LogP contribution in [0.1, 0.15) is 49.3 Å². The molecule has 0 aliphatic carbocycles. The van der Waals surface area contributed by atoms with Gasteiger partial charge in [-0.2, -0.15) is 0 Å². The molecule has 1 aliphatic heterocycles. The molecule has 1 aliphatic rings. The van der Waals surface area contributed by atoms with Crippen molar-refractivity contribution in [3.63, 3.8) is 0 Å². The summed E-state index contributed by atoms with van der Waals surface area (Å²) in [5.74, 6) is 6.69. The fourth-order valence-electron chi connectivity index (χ4n) is 4.54. The van der Waals surface area contributed by atoms with E-state index < -0.39 is 4.92 Å². The van der Waals surface area contributed by atoms with Gasteiger partial charge >= 0.3 is 0 Å². The number of rotatable bonds is 5. The molecule has 0 aromatic heterocycles. The molecule has 0 bridgehead atoms. The smallest absolute Gasteiger partial charge is 0.269 e. The van der Waals surface area contributed by atoms with E-state index in [4.69, 9.17) is 4.74 Å². The Kier molecular flexibility index (Phi) is 7.77. The molecule has 5 heteroatoms. The minimum Gasteiger partial charge on any atom is -0.448 e. The second-order valence-electron chi connectivity index (χ2n) is 8.54. The number of hydrogen-bond donors (Lipinski definition) is 0. The number of nitro groups is 1. The van der Waals surface area contributed by atoms with Crippen molar-refractivity contribution in [1.29, 1.82) is 0 Å². The summed E-state index contributed by atoms with van der Waals surface area (Å²) in [6, 6.07) is 25.6. The van der Waals surface area contributed by atoms with Crippen LogP contribution >= 0.6 is 0 Å². The van der Waals surface area contributed by atoms with Crippen molar-refractivity contribution in [1.82, 2.24) is 0 Å². The van der Waals surface area contributed by atoms with Gasteiger partial charge in [0.05, 0.1) is 4.92 Å². The molecule has 3 aromatic rings. The van der Waals surface area contributed by atoms with Gasteiger partial charge < -0.3 is 4.74 Å². The summed E-state index contributed by atoms with van der Waals surface area (Å²) in [6.45, 7) is 4.01. The zero-order valence-corrected chi connectivity index (χ0v) is 20.3. The average molecular weight is 478 g/mol. The normalized spacial score (nSPS) is 17.7. The molecule has 4 rings (SSSR count). The van der Waals surface area contributed by atoms with Crippen LogP contribution in [0, 0.1) is 27.9 Å². The lowest BCUT2D eigenvalue weighted by Crippen LogP contribution is -2.25. The molecule has 2 unspecified atom stereocenters. The average Bonchev–Trinajstić information content (AvgIpc) is 2.91. The summed E-state index contributed by atoms with van der Waals surface area (Å²) in [5, 5.41) is 11.2. The summed E-state index contributed by atoms with van der Waals surface area (Å²) < 4.78 is 6.42. The molecule has 3 aromatic carbocycles. The topological polar surface area (TPSA) is 69.4 Å². The number of carbonyl (C=O) groups excluding carboxylic acids is 1. The minimum absolute atomic E-state index is 0.0117. The van der Waals surface area contributed by atoms with E-state index in [0.717, 1.165) is 22.3 Å². The number of benzene rings is 3. The molecule has 0 fully saturated rings. The number of allylic oxidation sites excluding steroid dienone is 3. The number of hydrogen-bond acceptors (Lipinski definition) is 4. The van der Waals surface area contributed by atoms with Crippen LogP contribution in [-0.4, -0.2) is 10.7 Å². The standard InChI is InChI=1S/C31H27NO4/c1-3-26-28(33)21-30(23-13-9-6-10-14-23)36-29(20-15-22-11-7-5-8-12-22)27(4-2)31(26)24-16-18-25(19-17-24)32(34)35/h5-14,16-19,21,26,31H,3-4H2,1-2H3. The third-order valence-electron chi connectivity index (χ3n) is 6.36. The largest absolute Gasteiger partial charge is 0.448 e. The van der Waals surface area contributed by atoms with Crippen molar-refractivity contribution in [2.24, 2.45) is 5.92 Å². The highest BCUT2D eigenvalue weighted by Crippen LogP contribution is 2.41. The maximum Gasteiger partial charge on any atom is 0.269 e. The van der Waals surface area contributed by atoms with Crippen LogP contribution in [0.2, 0.25) is 0 Å². The van der Waals surface area contributed by atoms with Crippen LogP contribution in [0.4, 0.5) is 5.69 Å². The number of non-ortho nitro benzene ring substituents is 1. The molecule has 0 amide bonds. The quantitative estimate of drug-likeness (QED) is 0.224. The van der Waals surface area contributed by atoms with Gasteiger partial charge in [-0.15, -0.1) is 0 Å². The first-order valence-electron chi connectivity index (χ1n) is 12.0. The van der Waals surface area contributed by atoms with Crippen LogP contribution in [0.15, 0.2) is 102 Å². The Morgan fingerprint density at radius 2 is 1.53 bits per heavy atom. The Labute approximate surface area is 211 Å². The molecular formula is C31H27NO4. The van der Waals surface area contributed by atoms with E-state index in [1.807, 2.05) is 74.5 Å². The van der Waals surface area contributed by atoms with Crippen molar-refractivity contribution < 1.29 is 14.5 Å². The lowest BCUT2D eigenvalue weighted by molar-refractivity contribution is -0.384. The molecule has 5 nitrogen and oxygen atoms in total. The number of nitro benzene ring substituents is 1. The Bertz CT molecular complexity index is 1360. The number of ketones is 1. The first kappa shape index (κ1) is 24.7. The lowest BCUT2D eigenvalue weighted by atomic mass is 9.75. The molecule has 180 valence electrons. The predicted molar refractivity (Wildman–Crippen MR) is 141 cm³/mol. The zero-order chi connectivity index (χ0) is 25.5. The fourth-order valence-corrected chi connectivity index (χ4v) is 4.54. The van der Waals surface area contributed by atoms with Gasteiger partial charge in [-0.05, 0) is 42.0 Å². The van der Waals surface area contributed by atoms with Crippen LogP contribution in [-0.2, 0) is 9.53 Å². The monoisotopic (exact) mass is 477 g/mol. The molecule has 0 N–H and O–H groups in total. The van der Waals surface area contributed by atoms with Crippen molar-refractivity contribution in [3.05, 3.63) is 129 Å². The van der Waals surface area contributed by atoms with E-state index in [1.165, 1.54) is 12.1 Å².